The van der Waals surface area contributed by atoms with Crippen LogP contribution in [0.4, 0.5) is 0 Å². The summed E-state index contributed by atoms with van der Waals surface area (Å²) in [6.07, 6.45) is -0.427. The molecule has 0 aromatic heterocycles. The second kappa shape index (κ2) is 2.98. The molecule has 2 atom stereocenters. The third kappa shape index (κ3) is 1.68. The van der Waals surface area contributed by atoms with Crippen LogP contribution in [0.2, 0.25) is 0 Å². The first-order valence-corrected chi connectivity index (χ1v) is 3.36. The van der Waals surface area contributed by atoms with Gasteiger partial charge in [0.25, 0.3) is 0 Å². The normalized spacial score (nSPS) is 32.2. The highest BCUT2D eigenvalue weighted by atomic mass is 16.3. The van der Waals surface area contributed by atoms with Crippen molar-refractivity contribution in [3.8, 4) is 0 Å². The average Bonchev–Trinajstić information content (AvgIpc) is 2.15. The van der Waals surface area contributed by atoms with Crippen LogP contribution in [0.25, 0.3) is 0 Å². The fraction of sp³-hybridized carbons (Fsp3) is 0.833. The molecule has 1 saturated heterocycles. The van der Waals surface area contributed by atoms with Crippen molar-refractivity contribution in [1.82, 2.24) is 10.6 Å². The second-order valence-electron chi connectivity index (χ2n) is 2.53. The molecular formula is C6H12N2O2. The molecule has 0 radical (unpaired) electrons. The van der Waals surface area contributed by atoms with E-state index in [0.29, 0.717) is 13.1 Å². The summed E-state index contributed by atoms with van der Waals surface area (Å²) in [5.41, 5.74) is 0. The Hall–Kier alpha value is -0.610. The minimum atomic E-state index is -0.427. The van der Waals surface area contributed by atoms with Crippen molar-refractivity contribution < 1.29 is 9.90 Å². The van der Waals surface area contributed by atoms with Gasteiger partial charge in [0, 0.05) is 20.0 Å². The van der Waals surface area contributed by atoms with Crippen molar-refractivity contribution in [2.75, 3.05) is 13.1 Å². The minimum absolute atomic E-state index is 0.0900. The number of hydrogen-bond donors (Lipinski definition) is 3. The molecule has 4 heteroatoms. The van der Waals surface area contributed by atoms with Crippen LogP contribution in [-0.2, 0) is 4.79 Å². The van der Waals surface area contributed by atoms with Gasteiger partial charge in [0.15, 0.2) is 0 Å². The van der Waals surface area contributed by atoms with E-state index in [0.717, 1.165) is 0 Å². The lowest BCUT2D eigenvalue weighted by atomic mass is 10.2. The van der Waals surface area contributed by atoms with Crippen LogP contribution < -0.4 is 10.6 Å². The van der Waals surface area contributed by atoms with Crippen LogP contribution in [0.1, 0.15) is 6.92 Å². The van der Waals surface area contributed by atoms with Gasteiger partial charge in [-0.05, 0) is 0 Å². The highest BCUT2D eigenvalue weighted by molar-refractivity contribution is 5.73. The average molecular weight is 144 g/mol. The molecule has 0 aromatic rings. The van der Waals surface area contributed by atoms with Crippen LogP contribution in [0.15, 0.2) is 0 Å². The van der Waals surface area contributed by atoms with E-state index in [2.05, 4.69) is 10.6 Å². The fourth-order valence-corrected chi connectivity index (χ4v) is 1.07. The van der Waals surface area contributed by atoms with E-state index < -0.39 is 6.10 Å². The van der Waals surface area contributed by atoms with Crippen LogP contribution >= 0.6 is 0 Å². The van der Waals surface area contributed by atoms with Gasteiger partial charge in [0.1, 0.15) is 0 Å². The highest BCUT2D eigenvalue weighted by Crippen LogP contribution is 1.97. The maximum atomic E-state index is 10.5. The first kappa shape index (κ1) is 7.50. The Morgan fingerprint density at radius 1 is 1.70 bits per heavy atom. The molecule has 1 aliphatic rings. The number of nitrogens with one attached hydrogen (secondary N) is 2. The second-order valence-corrected chi connectivity index (χ2v) is 2.53. The quantitative estimate of drug-likeness (QED) is 0.418. The molecule has 3 N–H and O–H groups in total. The maximum absolute atomic E-state index is 10.5. The van der Waals surface area contributed by atoms with Crippen molar-refractivity contribution in [3.05, 3.63) is 0 Å². The number of hydrogen-bond acceptors (Lipinski definition) is 3. The van der Waals surface area contributed by atoms with Gasteiger partial charge in [-0.15, -0.1) is 0 Å². The molecule has 0 saturated carbocycles. The van der Waals surface area contributed by atoms with Crippen LogP contribution in [0, 0.1) is 0 Å². The molecule has 0 unspecified atom stereocenters. The summed E-state index contributed by atoms with van der Waals surface area (Å²) in [5.74, 6) is -0.0900. The standard InChI is InChI=1S/C6H12N2O2/c1-4(9)8-5-2-7-3-6(5)10/h5-7,10H,2-3H2,1H3,(H,8,9)/t5-,6+/m0/s1. The zero-order valence-corrected chi connectivity index (χ0v) is 5.92. The topological polar surface area (TPSA) is 61.4 Å². The number of carbonyl (C=O) groups is 1. The minimum Gasteiger partial charge on any atom is -0.390 e. The molecule has 1 heterocycles. The van der Waals surface area contributed by atoms with Crippen molar-refractivity contribution in [2.45, 2.75) is 19.1 Å². The summed E-state index contributed by atoms with van der Waals surface area (Å²) >= 11 is 0. The Morgan fingerprint density at radius 3 is 2.80 bits per heavy atom. The van der Waals surface area contributed by atoms with Crippen LogP contribution in [-0.4, -0.2) is 36.2 Å². The lowest BCUT2D eigenvalue weighted by Crippen LogP contribution is -2.41. The van der Waals surface area contributed by atoms with Gasteiger partial charge in [-0.1, -0.05) is 0 Å². The molecule has 4 nitrogen and oxygen atoms in total. The van der Waals surface area contributed by atoms with Gasteiger partial charge in [-0.25, -0.2) is 0 Å². The molecule has 1 aliphatic heterocycles. The smallest absolute Gasteiger partial charge is 0.217 e. The third-order valence-electron chi connectivity index (χ3n) is 1.57. The van der Waals surface area contributed by atoms with E-state index in [1.807, 2.05) is 0 Å². The Morgan fingerprint density at radius 2 is 2.40 bits per heavy atom. The predicted octanol–water partition coefficient (Wildman–Crippen LogP) is -1.54. The third-order valence-corrected chi connectivity index (χ3v) is 1.57. The summed E-state index contributed by atoms with van der Waals surface area (Å²) in [6, 6.07) is -0.0995. The van der Waals surface area contributed by atoms with Gasteiger partial charge in [0.05, 0.1) is 12.1 Å². The molecule has 1 rings (SSSR count). The van der Waals surface area contributed by atoms with Crippen molar-refractivity contribution in [3.63, 3.8) is 0 Å². The summed E-state index contributed by atoms with van der Waals surface area (Å²) < 4.78 is 0. The molecular weight excluding hydrogens is 132 g/mol. The lowest BCUT2D eigenvalue weighted by Gasteiger charge is -2.12. The Bertz CT molecular complexity index is 138. The number of amides is 1. The van der Waals surface area contributed by atoms with E-state index in [-0.39, 0.29) is 11.9 Å². The number of aliphatic hydroxyl groups excluding tert-OH is 1. The summed E-state index contributed by atoms with van der Waals surface area (Å²) in [5, 5.41) is 14.8. The number of rotatable bonds is 1. The lowest BCUT2D eigenvalue weighted by molar-refractivity contribution is -0.120. The Labute approximate surface area is 59.6 Å². The number of β-amino-alcohol motifs (C(OH)–C–C–N with tert-alkyl or cyclic N) is 1. The zero-order valence-electron chi connectivity index (χ0n) is 5.92. The van der Waals surface area contributed by atoms with Gasteiger partial charge >= 0.3 is 0 Å². The van der Waals surface area contributed by atoms with Crippen LogP contribution in [0.5, 0.6) is 0 Å². The van der Waals surface area contributed by atoms with E-state index in [1.165, 1.54) is 6.92 Å². The van der Waals surface area contributed by atoms with Gasteiger partial charge in [-0.3, -0.25) is 4.79 Å². The van der Waals surface area contributed by atoms with E-state index in [4.69, 9.17) is 5.11 Å². The molecule has 0 aliphatic carbocycles. The van der Waals surface area contributed by atoms with Gasteiger partial charge in [-0.2, -0.15) is 0 Å². The predicted molar refractivity (Wildman–Crippen MR) is 36.5 cm³/mol. The van der Waals surface area contributed by atoms with E-state index >= 15 is 0 Å². The summed E-state index contributed by atoms with van der Waals surface area (Å²) in [7, 11) is 0. The summed E-state index contributed by atoms with van der Waals surface area (Å²) in [4.78, 5) is 10.5. The van der Waals surface area contributed by atoms with Crippen molar-refractivity contribution in [1.29, 1.82) is 0 Å². The molecule has 0 bridgehead atoms. The Kier molecular flexibility index (Phi) is 2.24. The fourth-order valence-electron chi connectivity index (χ4n) is 1.07. The van der Waals surface area contributed by atoms with E-state index in [9.17, 15) is 4.79 Å². The molecule has 0 aromatic carbocycles. The first-order valence-electron chi connectivity index (χ1n) is 3.36. The zero-order chi connectivity index (χ0) is 7.56. The molecule has 58 valence electrons. The first-order chi connectivity index (χ1) is 4.70. The van der Waals surface area contributed by atoms with Gasteiger partial charge < -0.3 is 15.7 Å². The Balaban J connectivity index is 2.33. The largest absolute Gasteiger partial charge is 0.390 e. The SMILES string of the molecule is CC(=O)N[C@H]1CNC[C@H]1O. The van der Waals surface area contributed by atoms with Crippen LogP contribution in [0.3, 0.4) is 0 Å². The maximum Gasteiger partial charge on any atom is 0.217 e. The highest BCUT2D eigenvalue weighted by Gasteiger charge is 2.24. The number of carbonyl (C=O) groups excluding carboxylic acids is 1. The van der Waals surface area contributed by atoms with Crippen molar-refractivity contribution in [2.24, 2.45) is 0 Å². The molecule has 0 spiro atoms. The summed E-state index contributed by atoms with van der Waals surface area (Å²) in [6.45, 7) is 2.69. The van der Waals surface area contributed by atoms with E-state index in [1.54, 1.807) is 0 Å². The number of aliphatic hydroxyl groups is 1. The van der Waals surface area contributed by atoms with Crippen molar-refractivity contribution >= 4 is 5.91 Å². The molecule has 1 fully saturated rings. The molecule has 1 amide bonds. The molecule has 10 heavy (non-hydrogen) atoms. The van der Waals surface area contributed by atoms with Gasteiger partial charge in [0.2, 0.25) is 5.91 Å². The monoisotopic (exact) mass is 144 g/mol.